The van der Waals surface area contributed by atoms with Gasteiger partial charge in [0, 0.05) is 19.3 Å². The molecule has 3 rings (SSSR count). The van der Waals surface area contributed by atoms with Crippen LogP contribution in [-0.4, -0.2) is 13.6 Å². The lowest BCUT2D eigenvalue weighted by Gasteiger charge is -2.22. The lowest BCUT2D eigenvalue weighted by Crippen LogP contribution is -2.19. The highest BCUT2D eigenvalue weighted by Crippen LogP contribution is 2.33. The van der Waals surface area contributed by atoms with Gasteiger partial charge in [-0.25, -0.2) is 0 Å². The van der Waals surface area contributed by atoms with E-state index >= 15 is 0 Å². The van der Waals surface area contributed by atoms with E-state index in [9.17, 15) is 0 Å². The van der Waals surface area contributed by atoms with Gasteiger partial charge in [-0.1, -0.05) is 61.9 Å². The Balaban J connectivity index is 2.10. The zero-order valence-electron chi connectivity index (χ0n) is 15.3. The molecule has 0 unspecified atom stereocenters. The summed E-state index contributed by atoms with van der Waals surface area (Å²) in [4.78, 5) is 2.39. The molecule has 24 heavy (non-hydrogen) atoms. The fraction of sp³-hybridized carbons (Fsp3) is 0.304. The first-order valence-corrected chi connectivity index (χ1v) is 8.91. The molecular formula is C23H27N. The molecular weight excluding hydrogens is 290 g/mol. The van der Waals surface area contributed by atoms with Crippen LogP contribution in [0.4, 0.5) is 5.69 Å². The van der Waals surface area contributed by atoms with Crippen molar-refractivity contribution in [2.75, 3.05) is 18.5 Å². The SMILES string of the molecule is CCCCN(C)c1cc(-c2cc(C)cc3ccccc23)ccc1C. The van der Waals surface area contributed by atoms with Gasteiger partial charge in [0.15, 0.2) is 0 Å². The fourth-order valence-corrected chi connectivity index (χ4v) is 3.40. The number of rotatable bonds is 5. The van der Waals surface area contributed by atoms with Crippen molar-refractivity contribution in [1.82, 2.24) is 0 Å². The standard InChI is InChI=1S/C23H27N/c1-5-6-13-24(4)23-16-20(12-11-18(23)3)22-15-17(2)14-19-9-7-8-10-21(19)22/h7-12,14-16H,5-6,13H2,1-4H3. The number of anilines is 1. The third-order valence-corrected chi connectivity index (χ3v) is 4.78. The molecule has 0 N–H and O–H groups in total. The topological polar surface area (TPSA) is 3.24 Å². The third kappa shape index (κ3) is 3.31. The van der Waals surface area contributed by atoms with Gasteiger partial charge in [0.1, 0.15) is 0 Å². The lowest BCUT2D eigenvalue weighted by atomic mass is 9.95. The average Bonchev–Trinajstić information content (AvgIpc) is 2.59. The van der Waals surface area contributed by atoms with Crippen molar-refractivity contribution in [3.63, 3.8) is 0 Å². The van der Waals surface area contributed by atoms with Crippen LogP contribution in [0, 0.1) is 13.8 Å². The van der Waals surface area contributed by atoms with Gasteiger partial charge in [0.05, 0.1) is 0 Å². The van der Waals surface area contributed by atoms with Gasteiger partial charge in [-0.3, -0.25) is 0 Å². The van der Waals surface area contributed by atoms with Gasteiger partial charge in [-0.2, -0.15) is 0 Å². The van der Waals surface area contributed by atoms with E-state index in [2.05, 4.69) is 87.3 Å². The summed E-state index contributed by atoms with van der Waals surface area (Å²) >= 11 is 0. The van der Waals surface area contributed by atoms with Crippen molar-refractivity contribution in [2.45, 2.75) is 33.6 Å². The van der Waals surface area contributed by atoms with Crippen LogP contribution in [-0.2, 0) is 0 Å². The summed E-state index contributed by atoms with van der Waals surface area (Å²) in [5, 5.41) is 2.64. The first kappa shape index (κ1) is 16.6. The number of aryl methyl sites for hydroxylation is 2. The van der Waals surface area contributed by atoms with Crippen LogP contribution in [0.1, 0.15) is 30.9 Å². The maximum atomic E-state index is 2.39. The summed E-state index contributed by atoms with van der Waals surface area (Å²) in [6.07, 6.45) is 2.46. The van der Waals surface area contributed by atoms with Crippen molar-refractivity contribution in [3.05, 3.63) is 65.7 Å². The third-order valence-electron chi connectivity index (χ3n) is 4.78. The highest BCUT2D eigenvalue weighted by Gasteiger charge is 2.09. The average molecular weight is 317 g/mol. The predicted molar refractivity (Wildman–Crippen MR) is 107 cm³/mol. The van der Waals surface area contributed by atoms with E-state index in [1.807, 2.05) is 0 Å². The van der Waals surface area contributed by atoms with E-state index in [0.717, 1.165) is 6.54 Å². The second kappa shape index (κ2) is 7.09. The lowest BCUT2D eigenvalue weighted by molar-refractivity contribution is 0.765. The number of unbranched alkanes of at least 4 members (excludes halogenated alkanes) is 1. The van der Waals surface area contributed by atoms with Crippen LogP contribution in [0.3, 0.4) is 0 Å². The Morgan fingerprint density at radius 3 is 2.50 bits per heavy atom. The Bertz CT molecular complexity index is 848. The van der Waals surface area contributed by atoms with E-state index in [4.69, 9.17) is 0 Å². The van der Waals surface area contributed by atoms with Crippen LogP contribution in [0.15, 0.2) is 54.6 Å². The van der Waals surface area contributed by atoms with Gasteiger partial charge in [0.25, 0.3) is 0 Å². The van der Waals surface area contributed by atoms with E-state index in [1.54, 1.807) is 0 Å². The van der Waals surface area contributed by atoms with Gasteiger partial charge in [-0.15, -0.1) is 0 Å². The molecule has 1 heteroatoms. The van der Waals surface area contributed by atoms with Crippen LogP contribution in [0.2, 0.25) is 0 Å². The van der Waals surface area contributed by atoms with Crippen LogP contribution in [0.25, 0.3) is 21.9 Å². The second-order valence-electron chi connectivity index (χ2n) is 6.81. The fourth-order valence-electron chi connectivity index (χ4n) is 3.40. The predicted octanol–water partition coefficient (Wildman–Crippen LogP) is 6.36. The Kier molecular flexibility index (Phi) is 4.89. The molecule has 0 saturated carbocycles. The Morgan fingerprint density at radius 2 is 1.71 bits per heavy atom. The minimum atomic E-state index is 1.11. The zero-order chi connectivity index (χ0) is 17.1. The highest BCUT2D eigenvalue weighted by molar-refractivity contribution is 5.97. The molecule has 0 aliphatic heterocycles. The molecule has 0 radical (unpaired) electrons. The van der Waals surface area contributed by atoms with E-state index in [1.165, 1.54) is 51.6 Å². The smallest absolute Gasteiger partial charge is 0.0399 e. The van der Waals surface area contributed by atoms with Gasteiger partial charge in [0.2, 0.25) is 0 Å². The molecule has 0 saturated heterocycles. The molecule has 0 bridgehead atoms. The summed E-state index contributed by atoms with van der Waals surface area (Å²) in [5.74, 6) is 0. The van der Waals surface area contributed by atoms with E-state index < -0.39 is 0 Å². The summed E-state index contributed by atoms with van der Waals surface area (Å²) in [5.41, 5.74) is 6.63. The molecule has 0 amide bonds. The minimum absolute atomic E-state index is 1.11. The summed E-state index contributed by atoms with van der Waals surface area (Å²) < 4.78 is 0. The van der Waals surface area contributed by atoms with E-state index in [0.29, 0.717) is 0 Å². The molecule has 3 aromatic carbocycles. The number of nitrogens with zero attached hydrogens (tertiary/aromatic N) is 1. The summed E-state index contributed by atoms with van der Waals surface area (Å²) in [6.45, 7) is 7.74. The van der Waals surface area contributed by atoms with Crippen LogP contribution < -0.4 is 4.90 Å². The van der Waals surface area contributed by atoms with Crippen molar-refractivity contribution in [3.8, 4) is 11.1 Å². The Morgan fingerprint density at radius 1 is 0.917 bits per heavy atom. The summed E-state index contributed by atoms with van der Waals surface area (Å²) in [7, 11) is 2.20. The molecule has 0 spiro atoms. The molecule has 0 heterocycles. The van der Waals surface area contributed by atoms with Crippen LogP contribution >= 0.6 is 0 Å². The normalized spacial score (nSPS) is 11.0. The number of benzene rings is 3. The molecule has 0 aliphatic rings. The maximum Gasteiger partial charge on any atom is 0.0399 e. The summed E-state index contributed by atoms with van der Waals surface area (Å²) in [6, 6.07) is 20.1. The molecule has 124 valence electrons. The monoisotopic (exact) mass is 317 g/mol. The van der Waals surface area contributed by atoms with Gasteiger partial charge >= 0.3 is 0 Å². The molecule has 0 aliphatic carbocycles. The van der Waals surface area contributed by atoms with E-state index in [-0.39, 0.29) is 0 Å². The largest absolute Gasteiger partial charge is 0.374 e. The van der Waals surface area contributed by atoms with Crippen LogP contribution in [0.5, 0.6) is 0 Å². The minimum Gasteiger partial charge on any atom is -0.374 e. The van der Waals surface area contributed by atoms with Crippen molar-refractivity contribution < 1.29 is 0 Å². The molecule has 0 atom stereocenters. The van der Waals surface area contributed by atoms with Crippen molar-refractivity contribution >= 4 is 16.5 Å². The maximum absolute atomic E-state index is 2.39. The quantitative estimate of drug-likeness (QED) is 0.529. The zero-order valence-corrected chi connectivity index (χ0v) is 15.3. The van der Waals surface area contributed by atoms with Crippen molar-refractivity contribution in [2.24, 2.45) is 0 Å². The van der Waals surface area contributed by atoms with Gasteiger partial charge in [-0.05, 0) is 59.4 Å². The molecule has 0 aromatic heterocycles. The first-order chi connectivity index (χ1) is 11.6. The second-order valence-corrected chi connectivity index (χ2v) is 6.81. The number of hydrogen-bond donors (Lipinski definition) is 0. The van der Waals surface area contributed by atoms with Gasteiger partial charge < -0.3 is 4.90 Å². The molecule has 1 nitrogen and oxygen atoms in total. The highest BCUT2D eigenvalue weighted by atomic mass is 15.1. The number of hydrogen-bond acceptors (Lipinski definition) is 1. The molecule has 3 aromatic rings. The number of fused-ring (bicyclic) bond motifs is 1. The Hall–Kier alpha value is -2.28. The van der Waals surface area contributed by atoms with Crippen molar-refractivity contribution in [1.29, 1.82) is 0 Å². The molecule has 0 fully saturated rings. The Labute approximate surface area is 145 Å². The first-order valence-electron chi connectivity index (χ1n) is 8.91.